The van der Waals surface area contributed by atoms with Crippen LogP contribution in [-0.4, -0.2) is 54.8 Å². The first kappa shape index (κ1) is 13.2. The van der Waals surface area contributed by atoms with Gasteiger partial charge in [-0.15, -0.1) is 11.6 Å². The molecule has 1 aliphatic rings. The lowest BCUT2D eigenvalue weighted by Crippen LogP contribution is -2.42. The van der Waals surface area contributed by atoms with Crippen molar-refractivity contribution in [2.24, 2.45) is 5.92 Å². The van der Waals surface area contributed by atoms with Crippen LogP contribution in [0.4, 0.5) is 0 Å². The minimum Gasteiger partial charge on any atom is -0.391 e. The Morgan fingerprint density at radius 2 is 2.20 bits per heavy atom. The lowest BCUT2D eigenvalue weighted by Gasteiger charge is -2.30. The van der Waals surface area contributed by atoms with Crippen LogP contribution >= 0.6 is 11.6 Å². The molecule has 0 radical (unpaired) electrons. The van der Waals surface area contributed by atoms with Crippen LogP contribution in [0.5, 0.6) is 0 Å². The molecule has 90 valence electrons. The zero-order chi connectivity index (χ0) is 11.3. The third-order valence-electron chi connectivity index (χ3n) is 3.09. The molecule has 0 heterocycles. The van der Waals surface area contributed by atoms with Gasteiger partial charge in [-0.2, -0.15) is 0 Å². The van der Waals surface area contributed by atoms with Crippen LogP contribution in [-0.2, 0) is 4.74 Å². The fourth-order valence-electron chi connectivity index (χ4n) is 1.87. The molecule has 1 rings (SSSR count). The van der Waals surface area contributed by atoms with Crippen LogP contribution < -0.4 is 0 Å². The van der Waals surface area contributed by atoms with E-state index >= 15 is 0 Å². The van der Waals surface area contributed by atoms with Crippen molar-refractivity contribution in [2.45, 2.75) is 31.9 Å². The van der Waals surface area contributed by atoms with Crippen molar-refractivity contribution < 1.29 is 9.84 Å². The molecule has 1 aliphatic carbocycles. The highest BCUT2D eigenvalue weighted by molar-refractivity contribution is 6.18. The normalized spacial score (nSPS) is 20.6. The molecule has 1 N–H and O–H groups in total. The van der Waals surface area contributed by atoms with Crippen molar-refractivity contribution in [3.05, 3.63) is 0 Å². The van der Waals surface area contributed by atoms with E-state index in [0.717, 1.165) is 12.5 Å². The van der Waals surface area contributed by atoms with Gasteiger partial charge in [0.1, 0.15) is 0 Å². The molecule has 0 aliphatic heterocycles. The molecule has 1 saturated carbocycles. The second-order valence-electron chi connectivity index (χ2n) is 4.37. The first-order chi connectivity index (χ1) is 7.19. The molecule has 15 heavy (non-hydrogen) atoms. The number of methoxy groups -OCH3 is 1. The zero-order valence-corrected chi connectivity index (χ0v) is 10.4. The molecule has 0 saturated heterocycles. The van der Waals surface area contributed by atoms with Gasteiger partial charge in [-0.25, -0.2) is 0 Å². The smallest absolute Gasteiger partial charge is 0.0802 e. The number of rotatable bonds is 8. The van der Waals surface area contributed by atoms with Crippen molar-refractivity contribution in [1.29, 1.82) is 0 Å². The summed E-state index contributed by atoms with van der Waals surface area (Å²) in [5.74, 6) is 1.12. The molecule has 2 atom stereocenters. The highest BCUT2D eigenvalue weighted by Crippen LogP contribution is 2.35. The van der Waals surface area contributed by atoms with Gasteiger partial charge in [-0.1, -0.05) is 0 Å². The third kappa shape index (κ3) is 4.68. The molecular formula is C11H22ClNO2. The van der Waals surface area contributed by atoms with E-state index in [0.29, 0.717) is 25.1 Å². The largest absolute Gasteiger partial charge is 0.391 e. The number of aliphatic hydroxyl groups is 1. The molecule has 0 aromatic carbocycles. The van der Waals surface area contributed by atoms with Gasteiger partial charge in [0.15, 0.2) is 0 Å². The summed E-state index contributed by atoms with van der Waals surface area (Å²) in [6.45, 7) is 4.48. The predicted octanol–water partition coefficient (Wildman–Crippen LogP) is 1.33. The number of ether oxygens (including phenoxy) is 1. The Morgan fingerprint density at radius 1 is 1.53 bits per heavy atom. The summed E-state index contributed by atoms with van der Waals surface area (Å²) < 4.78 is 5.08. The SMILES string of the molecule is COCCN(CC(O)CCl)C(C)C1CC1. The summed E-state index contributed by atoms with van der Waals surface area (Å²) in [6.07, 6.45) is 2.22. The van der Waals surface area contributed by atoms with Crippen LogP contribution in [0.1, 0.15) is 19.8 Å². The van der Waals surface area contributed by atoms with E-state index in [-0.39, 0.29) is 0 Å². The van der Waals surface area contributed by atoms with Crippen molar-refractivity contribution >= 4 is 11.6 Å². The van der Waals surface area contributed by atoms with E-state index in [1.165, 1.54) is 12.8 Å². The van der Waals surface area contributed by atoms with Crippen molar-refractivity contribution in [3.8, 4) is 0 Å². The number of hydrogen-bond acceptors (Lipinski definition) is 3. The fourth-order valence-corrected chi connectivity index (χ4v) is 1.96. The fraction of sp³-hybridized carbons (Fsp3) is 1.00. The number of hydrogen-bond donors (Lipinski definition) is 1. The first-order valence-electron chi connectivity index (χ1n) is 5.66. The van der Waals surface area contributed by atoms with Gasteiger partial charge in [-0.3, -0.25) is 4.90 Å². The highest BCUT2D eigenvalue weighted by Gasteiger charge is 2.32. The Morgan fingerprint density at radius 3 is 2.67 bits per heavy atom. The predicted molar refractivity (Wildman–Crippen MR) is 62.4 cm³/mol. The van der Waals surface area contributed by atoms with Gasteiger partial charge in [-0.05, 0) is 25.7 Å². The molecule has 0 bridgehead atoms. The zero-order valence-electron chi connectivity index (χ0n) is 9.66. The van der Waals surface area contributed by atoms with Gasteiger partial charge < -0.3 is 9.84 Å². The Kier molecular flexibility index (Phi) is 5.90. The topological polar surface area (TPSA) is 32.7 Å². The van der Waals surface area contributed by atoms with Crippen molar-refractivity contribution in [3.63, 3.8) is 0 Å². The van der Waals surface area contributed by atoms with E-state index in [4.69, 9.17) is 16.3 Å². The van der Waals surface area contributed by atoms with Gasteiger partial charge >= 0.3 is 0 Å². The lowest BCUT2D eigenvalue weighted by molar-refractivity contribution is 0.0711. The summed E-state index contributed by atoms with van der Waals surface area (Å²) in [5, 5.41) is 9.56. The minimum absolute atomic E-state index is 0.306. The molecule has 4 heteroatoms. The number of nitrogens with zero attached hydrogens (tertiary/aromatic N) is 1. The maximum atomic E-state index is 9.56. The molecule has 0 amide bonds. The number of alkyl halides is 1. The molecule has 2 unspecified atom stereocenters. The van der Waals surface area contributed by atoms with Gasteiger partial charge in [0, 0.05) is 32.1 Å². The average molecular weight is 236 g/mol. The lowest BCUT2D eigenvalue weighted by atomic mass is 10.1. The Hall–Kier alpha value is 0.170. The van der Waals surface area contributed by atoms with E-state index in [1.54, 1.807) is 7.11 Å². The van der Waals surface area contributed by atoms with E-state index in [2.05, 4.69) is 11.8 Å². The number of aliphatic hydroxyl groups excluding tert-OH is 1. The molecule has 1 fully saturated rings. The van der Waals surface area contributed by atoms with E-state index in [9.17, 15) is 5.11 Å². The van der Waals surface area contributed by atoms with Gasteiger partial charge in [0.2, 0.25) is 0 Å². The quantitative estimate of drug-likeness (QED) is 0.645. The van der Waals surface area contributed by atoms with Gasteiger partial charge in [0.05, 0.1) is 12.7 Å². The second-order valence-corrected chi connectivity index (χ2v) is 4.68. The maximum absolute atomic E-state index is 9.56. The minimum atomic E-state index is -0.426. The Labute approximate surface area is 97.4 Å². The van der Waals surface area contributed by atoms with E-state index in [1.807, 2.05) is 0 Å². The second kappa shape index (κ2) is 6.69. The molecule has 0 spiro atoms. The Bertz CT molecular complexity index is 176. The van der Waals surface area contributed by atoms with Crippen molar-refractivity contribution in [2.75, 3.05) is 32.7 Å². The molecule has 3 nitrogen and oxygen atoms in total. The third-order valence-corrected chi connectivity index (χ3v) is 3.44. The summed E-state index contributed by atoms with van der Waals surface area (Å²) in [5.41, 5.74) is 0. The summed E-state index contributed by atoms with van der Waals surface area (Å²) in [6, 6.07) is 0.540. The maximum Gasteiger partial charge on any atom is 0.0802 e. The first-order valence-corrected chi connectivity index (χ1v) is 6.19. The van der Waals surface area contributed by atoms with Gasteiger partial charge in [0.25, 0.3) is 0 Å². The van der Waals surface area contributed by atoms with Crippen LogP contribution in [0, 0.1) is 5.92 Å². The Balaban J connectivity index is 2.36. The molecular weight excluding hydrogens is 214 g/mol. The van der Waals surface area contributed by atoms with Crippen LogP contribution in [0.25, 0.3) is 0 Å². The summed E-state index contributed by atoms with van der Waals surface area (Å²) >= 11 is 5.62. The highest BCUT2D eigenvalue weighted by atomic mass is 35.5. The number of halogens is 1. The van der Waals surface area contributed by atoms with Crippen LogP contribution in [0.15, 0.2) is 0 Å². The monoisotopic (exact) mass is 235 g/mol. The molecule has 0 aromatic rings. The molecule has 0 aromatic heterocycles. The van der Waals surface area contributed by atoms with E-state index < -0.39 is 6.10 Å². The van der Waals surface area contributed by atoms with Crippen molar-refractivity contribution in [1.82, 2.24) is 4.90 Å². The summed E-state index contributed by atoms with van der Waals surface area (Å²) in [7, 11) is 1.71. The van der Waals surface area contributed by atoms with Crippen LogP contribution in [0.3, 0.4) is 0 Å². The summed E-state index contributed by atoms with van der Waals surface area (Å²) in [4.78, 5) is 2.29. The standard InChI is InChI=1S/C11H22ClNO2/c1-9(10-3-4-10)13(5-6-15-2)8-11(14)7-12/h9-11,14H,3-8H2,1-2H3. The van der Waals surface area contributed by atoms with Crippen LogP contribution in [0.2, 0.25) is 0 Å². The average Bonchev–Trinajstić information content (AvgIpc) is 3.06.